The molecule has 13 nitrogen and oxygen atoms in total. The molecule has 0 fully saturated rings. The smallest absolute Gasteiger partial charge is 0.407 e. The van der Waals surface area contributed by atoms with Gasteiger partial charge in [0.2, 0.25) is 11.8 Å². The number of aryl methyl sites for hydroxylation is 1. The van der Waals surface area contributed by atoms with E-state index in [4.69, 9.17) is 14.6 Å². The van der Waals surface area contributed by atoms with Crippen molar-refractivity contribution in [1.82, 2.24) is 15.5 Å². The van der Waals surface area contributed by atoms with Crippen molar-refractivity contribution < 1.29 is 38.6 Å². The lowest BCUT2D eigenvalue weighted by Gasteiger charge is -2.23. The minimum absolute atomic E-state index is 0.0421. The number of carbonyl (C=O) groups is 5. The lowest BCUT2D eigenvalue weighted by molar-refractivity contribution is -0.139. The average Bonchev–Trinajstić information content (AvgIpc) is 2.92. The zero-order valence-electron chi connectivity index (χ0n) is 25.2. The van der Waals surface area contributed by atoms with Gasteiger partial charge in [0.15, 0.2) is 0 Å². The van der Waals surface area contributed by atoms with Gasteiger partial charge in [-0.3, -0.25) is 14.4 Å². The van der Waals surface area contributed by atoms with Crippen LogP contribution in [0.5, 0.6) is 5.75 Å². The normalized spacial score (nSPS) is 10.7. The summed E-state index contributed by atoms with van der Waals surface area (Å²) in [6.45, 7) is 7.14. The van der Waals surface area contributed by atoms with E-state index in [1.54, 1.807) is 45.0 Å². The van der Waals surface area contributed by atoms with Crippen molar-refractivity contribution in [2.24, 2.45) is 0 Å². The van der Waals surface area contributed by atoms with E-state index in [1.165, 1.54) is 12.0 Å². The van der Waals surface area contributed by atoms with Crippen LogP contribution in [0.25, 0.3) is 0 Å². The number of rotatable bonds is 14. The monoisotopic (exact) mass is 599 g/mol. The third kappa shape index (κ3) is 13.1. The summed E-state index contributed by atoms with van der Waals surface area (Å²) in [4.78, 5) is 62.0. The van der Waals surface area contributed by atoms with E-state index in [-0.39, 0.29) is 39.0 Å². The Balaban J connectivity index is 1.89. The van der Waals surface area contributed by atoms with Gasteiger partial charge in [0.25, 0.3) is 0 Å². The molecule has 0 bridgehead atoms. The number of carboxylic acids is 1. The number of alkyl carbamates (subject to hydrolysis) is 1. The number of carbonyl (C=O) groups excluding carboxylic acids is 4. The number of hydrogen-bond acceptors (Lipinski definition) is 7. The molecule has 43 heavy (non-hydrogen) atoms. The molecule has 0 heterocycles. The third-order valence-electron chi connectivity index (χ3n) is 5.93. The maximum atomic E-state index is 12.8. The molecule has 5 amide bonds. The average molecular weight is 600 g/mol. The number of methoxy groups -OCH3 is 1. The van der Waals surface area contributed by atoms with Gasteiger partial charge >= 0.3 is 18.1 Å². The Kier molecular flexibility index (Phi) is 13.3. The summed E-state index contributed by atoms with van der Waals surface area (Å²) in [7, 11) is 1.44. The molecule has 0 atom stereocenters. The van der Waals surface area contributed by atoms with Crippen molar-refractivity contribution in [3.63, 3.8) is 0 Å². The zero-order valence-corrected chi connectivity index (χ0v) is 25.2. The summed E-state index contributed by atoms with van der Waals surface area (Å²) < 4.78 is 10.5. The van der Waals surface area contributed by atoms with Gasteiger partial charge in [0, 0.05) is 25.3 Å². The third-order valence-corrected chi connectivity index (χ3v) is 5.93. The number of nitrogens with one attached hydrogen (secondary N) is 4. The summed E-state index contributed by atoms with van der Waals surface area (Å²) in [6, 6.07) is 11.8. The maximum Gasteiger partial charge on any atom is 0.407 e. The van der Waals surface area contributed by atoms with E-state index < -0.39 is 35.5 Å². The largest absolute Gasteiger partial charge is 0.495 e. The van der Waals surface area contributed by atoms with Gasteiger partial charge in [0.05, 0.1) is 32.2 Å². The van der Waals surface area contributed by atoms with E-state index in [0.717, 1.165) is 5.56 Å². The van der Waals surface area contributed by atoms with E-state index in [0.29, 0.717) is 29.1 Å². The van der Waals surface area contributed by atoms with Crippen LogP contribution in [0.1, 0.15) is 44.7 Å². The second-order valence-electron chi connectivity index (χ2n) is 10.7. The van der Waals surface area contributed by atoms with Crippen molar-refractivity contribution in [3.05, 3.63) is 53.6 Å². The number of anilines is 2. The van der Waals surface area contributed by atoms with Crippen LogP contribution in [-0.4, -0.2) is 78.8 Å². The highest BCUT2D eigenvalue weighted by atomic mass is 16.6. The van der Waals surface area contributed by atoms with Crippen LogP contribution in [0, 0.1) is 6.92 Å². The van der Waals surface area contributed by atoms with E-state index in [9.17, 15) is 24.0 Å². The number of ether oxygens (including phenoxy) is 2. The molecular formula is C30H41N5O8. The minimum Gasteiger partial charge on any atom is -0.495 e. The van der Waals surface area contributed by atoms with E-state index >= 15 is 0 Å². The molecule has 0 aliphatic heterocycles. The van der Waals surface area contributed by atoms with Crippen LogP contribution < -0.4 is 26.0 Å². The number of hydrogen-bond donors (Lipinski definition) is 5. The van der Waals surface area contributed by atoms with E-state index in [2.05, 4.69) is 21.3 Å². The Hall–Kier alpha value is -4.81. The summed E-state index contributed by atoms with van der Waals surface area (Å²) in [5.41, 5.74) is 1.92. The van der Waals surface area contributed by atoms with E-state index in [1.807, 2.05) is 25.1 Å². The second-order valence-corrected chi connectivity index (χ2v) is 10.7. The van der Waals surface area contributed by atoms with Crippen LogP contribution in [0.3, 0.4) is 0 Å². The maximum absolute atomic E-state index is 12.8. The number of urea groups is 1. The Morgan fingerprint density at radius 3 is 2.28 bits per heavy atom. The lowest BCUT2D eigenvalue weighted by Crippen LogP contribution is -2.42. The fraction of sp³-hybridized carbons (Fsp3) is 0.433. The van der Waals surface area contributed by atoms with Crippen molar-refractivity contribution >= 4 is 41.3 Å². The summed E-state index contributed by atoms with van der Waals surface area (Å²) in [5, 5.41) is 19.7. The van der Waals surface area contributed by atoms with Crippen LogP contribution in [0.4, 0.5) is 21.0 Å². The molecule has 0 spiro atoms. The van der Waals surface area contributed by atoms with Gasteiger partial charge in [0.1, 0.15) is 11.4 Å². The topological polar surface area (TPSA) is 175 Å². The highest BCUT2D eigenvalue weighted by molar-refractivity contribution is 6.01. The first-order chi connectivity index (χ1) is 20.3. The summed E-state index contributed by atoms with van der Waals surface area (Å²) in [5.74, 6) is -1.60. The van der Waals surface area contributed by atoms with Crippen molar-refractivity contribution in [2.45, 2.75) is 52.6 Å². The van der Waals surface area contributed by atoms with Crippen molar-refractivity contribution in [3.8, 4) is 5.75 Å². The number of carboxylic acid groups (broad SMARTS) is 1. The first kappa shape index (κ1) is 34.4. The highest BCUT2D eigenvalue weighted by Gasteiger charge is 2.18. The number of amides is 5. The zero-order chi connectivity index (χ0) is 32.0. The molecule has 0 radical (unpaired) electrons. The molecule has 0 aromatic heterocycles. The minimum atomic E-state index is -1.06. The predicted molar refractivity (Wildman–Crippen MR) is 161 cm³/mol. The fourth-order valence-corrected chi connectivity index (χ4v) is 3.84. The van der Waals surface area contributed by atoms with Crippen LogP contribution >= 0.6 is 0 Å². The molecule has 0 aliphatic carbocycles. The molecule has 234 valence electrons. The molecule has 0 aliphatic rings. The lowest BCUT2D eigenvalue weighted by atomic mass is 10.1. The standard InChI is InChI=1S/C30H41N5O8/c1-20-9-6-7-10-22(20)33-28(40)34-23-12-11-21(17-24(23)42-5)18-25(36)32-19-26(37)35(16-13-27(38)39)15-8-14-31-29(41)43-30(2,3)4/h6-7,9-12,17H,8,13-16,18-19H2,1-5H3,(H,31,41)(H,32,36)(H,38,39)(H2,33,34,40). The number of nitrogens with zero attached hydrogens (tertiary/aromatic N) is 1. The molecule has 13 heteroatoms. The van der Waals surface area contributed by atoms with Gasteiger partial charge in [-0.05, 0) is 63.4 Å². The van der Waals surface area contributed by atoms with Crippen molar-refractivity contribution in [2.75, 3.05) is 43.9 Å². The Morgan fingerprint density at radius 2 is 1.63 bits per heavy atom. The Bertz CT molecular complexity index is 1290. The molecule has 5 N–H and O–H groups in total. The SMILES string of the molecule is COc1cc(CC(=O)NCC(=O)N(CCCNC(=O)OC(C)(C)C)CCC(=O)O)ccc1NC(=O)Nc1ccccc1C. The Morgan fingerprint density at radius 1 is 0.930 bits per heavy atom. The molecule has 0 unspecified atom stereocenters. The van der Waals surface area contributed by atoms with Gasteiger partial charge in [-0.2, -0.15) is 0 Å². The van der Waals surface area contributed by atoms with Gasteiger partial charge < -0.3 is 40.7 Å². The fourth-order valence-electron chi connectivity index (χ4n) is 3.84. The first-order valence-corrected chi connectivity index (χ1v) is 13.8. The van der Waals surface area contributed by atoms with Crippen LogP contribution in [0.15, 0.2) is 42.5 Å². The summed E-state index contributed by atoms with van der Waals surface area (Å²) >= 11 is 0. The number of para-hydroxylation sites is 1. The van der Waals surface area contributed by atoms with Crippen LogP contribution in [-0.2, 0) is 25.5 Å². The molecule has 0 saturated carbocycles. The van der Waals surface area contributed by atoms with Gasteiger partial charge in [-0.25, -0.2) is 9.59 Å². The first-order valence-electron chi connectivity index (χ1n) is 13.8. The predicted octanol–water partition coefficient (Wildman–Crippen LogP) is 3.52. The number of benzene rings is 2. The van der Waals surface area contributed by atoms with Crippen LogP contribution in [0.2, 0.25) is 0 Å². The second kappa shape index (κ2) is 16.6. The number of aliphatic carboxylic acids is 1. The molecule has 2 aromatic carbocycles. The highest BCUT2D eigenvalue weighted by Crippen LogP contribution is 2.26. The molecule has 2 aromatic rings. The molecule has 0 saturated heterocycles. The molecular weight excluding hydrogens is 558 g/mol. The molecule has 2 rings (SSSR count). The quantitative estimate of drug-likeness (QED) is 0.205. The van der Waals surface area contributed by atoms with Crippen molar-refractivity contribution in [1.29, 1.82) is 0 Å². The van der Waals surface area contributed by atoms with Gasteiger partial charge in [-0.1, -0.05) is 24.3 Å². The summed E-state index contributed by atoms with van der Waals surface area (Å²) in [6.07, 6.45) is -0.549. The Labute approximate surface area is 251 Å². The van der Waals surface area contributed by atoms with Gasteiger partial charge in [-0.15, -0.1) is 0 Å².